The standard InChI is InChI=1S/C21H25F2N5O4/c1-12-9-13(2)28(26-12)19-24-16(15-11-32-8-5-17(15)29)10-18(25-19)27(20(30)31)14-3-6-21(22,23)7-4-14/h9-10,14-15H,3-8,11H2,1-2H3,(H,30,31). The van der Waals surface area contributed by atoms with E-state index in [0.29, 0.717) is 12.3 Å². The fraction of sp³-hybridized carbons (Fsp3) is 0.571. The first-order chi connectivity index (χ1) is 15.1. The van der Waals surface area contributed by atoms with Crippen LogP contribution in [-0.4, -0.2) is 61.9 Å². The van der Waals surface area contributed by atoms with E-state index < -0.39 is 36.8 Å². The van der Waals surface area contributed by atoms with Crippen LogP contribution in [0.1, 0.15) is 55.1 Å². The van der Waals surface area contributed by atoms with Crippen LogP contribution in [0.2, 0.25) is 0 Å². The van der Waals surface area contributed by atoms with Crippen molar-refractivity contribution in [1.29, 1.82) is 0 Å². The summed E-state index contributed by atoms with van der Waals surface area (Å²) in [6, 6.07) is 2.62. The van der Waals surface area contributed by atoms with Gasteiger partial charge in [0.25, 0.3) is 5.95 Å². The van der Waals surface area contributed by atoms with Gasteiger partial charge in [0, 0.05) is 37.1 Å². The van der Waals surface area contributed by atoms with Gasteiger partial charge < -0.3 is 9.84 Å². The van der Waals surface area contributed by atoms with Crippen LogP contribution in [0.3, 0.4) is 0 Å². The molecule has 1 unspecified atom stereocenters. The van der Waals surface area contributed by atoms with Crippen molar-refractivity contribution in [3.63, 3.8) is 0 Å². The highest BCUT2D eigenvalue weighted by Crippen LogP contribution is 2.37. The molecule has 172 valence electrons. The molecule has 1 aliphatic carbocycles. The van der Waals surface area contributed by atoms with E-state index in [2.05, 4.69) is 15.1 Å². The van der Waals surface area contributed by atoms with Crippen molar-refractivity contribution in [2.45, 2.75) is 63.8 Å². The number of ketones is 1. The Morgan fingerprint density at radius 2 is 1.97 bits per heavy atom. The summed E-state index contributed by atoms with van der Waals surface area (Å²) in [5.74, 6) is -3.35. The fourth-order valence-electron chi connectivity index (χ4n) is 4.28. The SMILES string of the molecule is Cc1cc(C)n(-c2nc(C3COCCC3=O)cc(N(C(=O)O)C3CCC(F)(F)CC3)n2)n1. The third-order valence-electron chi connectivity index (χ3n) is 5.95. The number of hydrogen-bond acceptors (Lipinski definition) is 6. The molecule has 2 aromatic heterocycles. The Labute approximate surface area is 183 Å². The minimum atomic E-state index is -2.79. The number of Topliss-reactive ketones (excluding diaryl/α,β-unsaturated/α-hetero) is 1. The molecule has 2 fully saturated rings. The zero-order valence-electron chi connectivity index (χ0n) is 17.9. The number of rotatable bonds is 4. The normalized spacial score (nSPS) is 21.5. The molecule has 1 saturated heterocycles. The highest BCUT2D eigenvalue weighted by atomic mass is 19.3. The van der Waals surface area contributed by atoms with Crippen LogP contribution in [0.4, 0.5) is 19.4 Å². The van der Waals surface area contributed by atoms with Crippen molar-refractivity contribution >= 4 is 17.7 Å². The number of alkyl halides is 2. The van der Waals surface area contributed by atoms with Gasteiger partial charge in [-0.3, -0.25) is 9.69 Å². The van der Waals surface area contributed by atoms with Crippen LogP contribution in [0, 0.1) is 13.8 Å². The van der Waals surface area contributed by atoms with Crippen LogP contribution in [0.25, 0.3) is 5.95 Å². The topological polar surface area (TPSA) is 110 Å². The smallest absolute Gasteiger partial charge is 0.413 e. The molecule has 2 aromatic rings. The number of carbonyl (C=O) groups excluding carboxylic acids is 1. The van der Waals surface area contributed by atoms with Gasteiger partial charge in [-0.05, 0) is 32.8 Å². The molecular formula is C21H25F2N5O4. The molecule has 0 spiro atoms. The van der Waals surface area contributed by atoms with Crippen LogP contribution < -0.4 is 4.90 Å². The average Bonchev–Trinajstić information content (AvgIpc) is 3.07. The minimum absolute atomic E-state index is 0.0132. The fourth-order valence-corrected chi connectivity index (χ4v) is 4.28. The number of ether oxygens (including phenoxy) is 1. The summed E-state index contributed by atoms with van der Waals surface area (Å²) < 4.78 is 34.3. The Hall–Kier alpha value is -2.95. The number of aromatic nitrogens is 4. The summed E-state index contributed by atoms with van der Waals surface area (Å²) in [6.07, 6.45) is -1.81. The van der Waals surface area contributed by atoms with Gasteiger partial charge in [-0.25, -0.2) is 23.2 Å². The maximum Gasteiger partial charge on any atom is 0.413 e. The van der Waals surface area contributed by atoms with E-state index in [1.165, 1.54) is 10.7 Å². The first kappa shape index (κ1) is 22.3. The number of hydrogen-bond donors (Lipinski definition) is 1. The Morgan fingerprint density at radius 3 is 2.56 bits per heavy atom. The summed E-state index contributed by atoms with van der Waals surface area (Å²) >= 11 is 0. The first-order valence-electron chi connectivity index (χ1n) is 10.6. The molecule has 1 atom stereocenters. The maximum atomic E-state index is 13.7. The van der Waals surface area contributed by atoms with Crippen LogP contribution in [0.5, 0.6) is 0 Å². The maximum absolute atomic E-state index is 13.7. The molecule has 1 N–H and O–H groups in total. The number of nitrogens with zero attached hydrogens (tertiary/aromatic N) is 5. The Kier molecular flexibility index (Phi) is 5.93. The van der Waals surface area contributed by atoms with E-state index in [1.807, 2.05) is 13.0 Å². The van der Waals surface area contributed by atoms with Gasteiger partial charge in [0.1, 0.15) is 11.6 Å². The molecule has 3 heterocycles. The molecule has 0 radical (unpaired) electrons. The number of anilines is 1. The quantitative estimate of drug-likeness (QED) is 0.761. The molecule has 1 aliphatic heterocycles. The lowest BCUT2D eigenvalue weighted by molar-refractivity contribution is -0.126. The van der Waals surface area contributed by atoms with E-state index in [9.17, 15) is 23.5 Å². The third-order valence-corrected chi connectivity index (χ3v) is 5.95. The number of halogens is 2. The zero-order chi connectivity index (χ0) is 23.0. The molecule has 1 saturated carbocycles. The lowest BCUT2D eigenvalue weighted by Gasteiger charge is -2.34. The predicted molar refractivity (Wildman–Crippen MR) is 110 cm³/mol. The van der Waals surface area contributed by atoms with Crippen molar-refractivity contribution in [2.24, 2.45) is 0 Å². The molecule has 9 nitrogen and oxygen atoms in total. The first-order valence-corrected chi connectivity index (χ1v) is 10.6. The highest BCUT2D eigenvalue weighted by Gasteiger charge is 2.40. The number of carboxylic acid groups (broad SMARTS) is 1. The summed E-state index contributed by atoms with van der Waals surface area (Å²) in [4.78, 5) is 34.7. The molecule has 11 heteroatoms. The second-order valence-electron chi connectivity index (χ2n) is 8.37. The largest absolute Gasteiger partial charge is 0.465 e. The van der Waals surface area contributed by atoms with E-state index in [0.717, 1.165) is 16.3 Å². The molecule has 32 heavy (non-hydrogen) atoms. The van der Waals surface area contributed by atoms with Crippen molar-refractivity contribution in [2.75, 3.05) is 18.1 Å². The van der Waals surface area contributed by atoms with Crippen molar-refractivity contribution < 1.29 is 28.2 Å². The van der Waals surface area contributed by atoms with Gasteiger partial charge in [-0.15, -0.1) is 0 Å². The van der Waals surface area contributed by atoms with Gasteiger partial charge in [-0.1, -0.05) is 0 Å². The van der Waals surface area contributed by atoms with Gasteiger partial charge in [0.15, 0.2) is 0 Å². The number of carbonyl (C=O) groups is 2. The highest BCUT2D eigenvalue weighted by molar-refractivity contribution is 5.88. The predicted octanol–water partition coefficient (Wildman–Crippen LogP) is 3.41. The molecule has 4 rings (SSSR count). The van der Waals surface area contributed by atoms with Gasteiger partial charge in [-0.2, -0.15) is 10.1 Å². The molecular weight excluding hydrogens is 424 g/mol. The monoisotopic (exact) mass is 449 g/mol. The van der Waals surface area contributed by atoms with Gasteiger partial charge in [0.2, 0.25) is 5.92 Å². The molecule has 2 aliphatic rings. The van der Waals surface area contributed by atoms with E-state index in [-0.39, 0.29) is 43.4 Å². The lowest BCUT2D eigenvalue weighted by Crippen LogP contribution is -2.44. The van der Waals surface area contributed by atoms with Crippen LogP contribution in [0.15, 0.2) is 12.1 Å². The van der Waals surface area contributed by atoms with Gasteiger partial charge >= 0.3 is 6.09 Å². The van der Waals surface area contributed by atoms with E-state index in [1.54, 1.807) is 6.92 Å². The summed E-state index contributed by atoms with van der Waals surface area (Å²) in [6.45, 7) is 4.07. The third kappa shape index (κ3) is 4.47. The van der Waals surface area contributed by atoms with Crippen molar-refractivity contribution in [1.82, 2.24) is 19.7 Å². The second-order valence-corrected chi connectivity index (χ2v) is 8.37. The summed E-state index contributed by atoms with van der Waals surface area (Å²) in [7, 11) is 0. The minimum Gasteiger partial charge on any atom is -0.465 e. The Balaban J connectivity index is 1.79. The molecule has 0 bridgehead atoms. The zero-order valence-corrected chi connectivity index (χ0v) is 17.9. The van der Waals surface area contributed by atoms with Crippen LogP contribution in [-0.2, 0) is 9.53 Å². The van der Waals surface area contributed by atoms with E-state index in [4.69, 9.17) is 4.74 Å². The number of amides is 1. The number of aryl methyl sites for hydroxylation is 2. The van der Waals surface area contributed by atoms with Crippen LogP contribution >= 0.6 is 0 Å². The molecule has 0 aromatic carbocycles. The summed E-state index contributed by atoms with van der Waals surface area (Å²) in [5.41, 5.74) is 1.78. The summed E-state index contributed by atoms with van der Waals surface area (Å²) in [5, 5.41) is 14.3. The lowest BCUT2D eigenvalue weighted by atomic mass is 9.91. The van der Waals surface area contributed by atoms with E-state index >= 15 is 0 Å². The Morgan fingerprint density at radius 1 is 1.25 bits per heavy atom. The second kappa shape index (κ2) is 8.53. The average molecular weight is 449 g/mol. The van der Waals surface area contributed by atoms with Gasteiger partial charge in [0.05, 0.1) is 30.5 Å². The molecule has 1 amide bonds. The van der Waals surface area contributed by atoms with Crippen molar-refractivity contribution in [3.8, 4) is 5.95 Å². The Bertz CT molecular complexity index is 1030. The van der Waals surface area contributed by atoms with Crippen molar-refractivity contribution in [3.05, 3.63) is 29.2 Å².